The first-order valence-electron chi connectivity index (χ1n) is 4.25. The van der Waals surface area contributed by atoms with Gasteiger partial charge in [0.15, 0.2) is 0 Å². The third-order valence-corrected chi connectivity index (χ3v) is 2.15. The zero-order chi connectivity index (χ0) is 10.7. The highest BCUT2D eigenvalue weighted by molar-refractivity contribution is 5.85. The van der Waals surface area contributed by atoms with Gasteiger partial charge in [-0.25, -0.2) is 4.79 Å². The molecule has 1 fully saturated rings. The van der Waals surface area contributed by atoms with Crippen LogP contribution in [-0.4, -0.2) is 59.4 Å². The molecule has 14 heavy (non-hydrogen) atoms. The summed E-state index contributed by atoms with van der Waals surface area (Å²) in [5, 5.41) is 18.0. The van der Waals surface area contributed by atoms with Gasteiger partial charge >= 0.3 is 5.97 Å². The number of rotatable bonds is 3. The number of methoxy groups -OCH3 is 1. The summed E-state index contributed by atoms with van der Waals surface area (Å²) < 4.78 is 4.61. The summed E-state index contributed by atoms with van der Waals surface area (Å²) >= 11 is 0. The number of hydrogen-bond acceptors (Lipinski definition) is 4. The molecule has 0 unspecified atom stereocenters. The van der Waals surface area contributed by atoms with Gasteiger partial charge in [0, 0.05) is 20.1 Å². The van der Waals surface area contributed by atoms with Crippen molar-refractivity contribution in [2.75, 3.05) is 20.3 Å². The molecule has 0 aromatic rings. The van der Waals surface area contributed by atoms with E-state index in [1.165, 1.54) is 7.11 Å². The molecule has 2 N–H and O–H groups in total. The number of aliphatic carboxylic acids is 1. The zero-order valence-electron chi connectivity index (χ0n) is 7.84. The molecule has 0 bridgehead atoms. The van der Waals surface area contributed by atoms with Crippen molar-refractivity contribution in [3.8, 4) is 0 Å². The van der Waals surface area contributed by atoms with E-state index < -0.39 is 24.0 Å². The van der Waals surface area contributed by atoms with Crippen molar-refractivity contribution in [3.63, 3.8) is 0 Å². The van der Waals surface area contributed by atoms with Gasteiger partial charge in [-0.15, -0.1) is 0 Å². The summed E-state index contributed by atoms with van der Waals surface area (Å²) in [6.45, 7) is -0.0876. The fraction of sp³-hybridized carbons (Fsp3) is 0.750. The molecule has 0 aromatic carbocycles. The Morgan fingerprint density at radius 1 is 1.57 bits per heavy atom. The van der Waals surface area contributed by atoms with Crippen LogP contribution in [0.4, 0.5) is 0 Å². The van der Waals surface area contributed by atoms with Gasteiger partial charge in [0.25, 0.3) is 0 Å². The highest BCUT2D eigenvalue weighted by Crippen LogP contribution is 2.18. The highest BCUT2D eigenvalue weighted by atomic mass is 16.5. The largest absolute Gasteiger partial charge is 0.480 e. The number of carbonyl (C=O) groups excluding carboxylic acids is 1. The van der Waals surface area contributed by atoms with Gasteiger partial charge in [-0.2, -0.15) is 0 Å². The average Bonchev–Trinajstić information content (AvgIpc) is 2.48. The quantitative estimate of drug-likeness (QED) is 0.594. The van der Waals surface area contributed by atoms with Crippen molar-refractivity contribution < 1.29 is 24.5 Å². The van der Waals surface area contributed by atoms with Crippen LogP contribution in [0.5, 0.6) is 0 Å². The Labute approximate surface area is 81.1 Å². The number of nitrogens with zero attached hydrogens (tertiary/aromatic N) is 1. The number of aliphatic hydroxyl groups is 1. The Balaban J connectivity index is 2.66. The summed E-state index contributed by atoms with van der Waals surface area (Å²) in [4.78, 5) is 23.2. The van der Waals surface area contributed by atoms with Crippen molar-refractivity contribution in [2.24, 2.45) is 0 Å². The number of carboxylic acids is 1. The second kappa shape index (κ2) is 4.39. The molecule has 80 valence electrons. The maximum absolute atomic E-state index is 11.3. The number of aliphatic hydroxyl groups excluding tert-OH is 1. The fourth-order valence-electron chi connectivity index (χ4n) is 1.53. The van der Waals surface area contributed by atoms with Crippen molar-refractivity contribution in [1.29, 1.82) is 0 Å². The molecule has 1 rings (SSSR count). The lowest BCUT2D eigenvalue weighted by Crippen LogP contribution is -2.42. The van der Waals surface area contributed by atoms with E-state index >= 15 is 0 Å². The van der Waals surface area contributed by atoms with Crippen LogP contribution in [0, 0.1) is 0 Å². The van der Waals surface area contributed by atoms with E-state index in [9.17, 15) is 14.7 Å². The van der Waals surface area contributed by atoms with Crippen molar-refractivity contribution in [2.45, 2.75) is 18.6 Å². The minimum atomic E-state index is -1.09. The molecule has 0 radical (unpaired) electrons. The number of carbonyl (C=O) groups is 2. The van der Waals surface area contributed by atoms with Crippen molar-refractivity contribution in [1.82, 2.24) is 4.90 Å². The van der Waals surface area contributed by atoms with Gasteiger partial charge in [0.05, 0.1) is 6.10 Å². The van der Waals surface area contributed by atoms with Crippen LogP contribution < -0.4 is 0 Å². The Kier molecular flexibility index (Phi) is 3.43. The van der Waals surface area contributed by atoms with Crippen LogP contribution in [0.2, 0.25) is 0 Å². The Bertz CT molecular complexity index is 242. The molecule has 2 atom stereocenters. The molecule has 0 aromatic heterocycles. The number of likely N-dealkylation sites (tertiary alicyclic amines) is 1. The average molecular weight is 203 g/mol. The molecule has 1 amide bonds. The molecular formula is C8H13NO5. The van der Waals surface area contributed by atoms with Gasteiger partial charge in [0.1, 0.15) is 12.6 Å². The maximum Gasteiger partial charge on any atom is 0.326 e. The lowest BCUT2D eigenvalue weighted by Gasteiger charge is -2.20. The summed E-state index contributed by atoms with van der Waals surface area (Å²) in [6, 6.07) is -0.923. The van der Waals surface area contributed by atoms with Crippen LogP contribution in [0.15, 0.2) is 0 Å². The van der Waals surface area contributed by atoms with Crippen LogP contribution in [-0.2, 0) is 14.3 Å². The van der Waals surface area contributed by atoms with Gasteiger partial charge in [-0.3, -0.25) is 4.79 Å². The standard InChI is InChI=1S/C8H13NO5/c1-14-4-7(11)9-3-5(10)2-6(9)8(12)13/h5-6,10H,2-4H2,1H3,(H,12,13)/t5-,6-/m0/s1. The number of ether oxygens (including phenoxy) is 1. The summed E-state index contributed by atoms with van der Waals surface area (Å²) in [5.41, 5.74) is 0. The topological polar surface area (TPSA) is 87.1 Å². The minimum absolute atomic E-state index is 0.0686. The van der Waals surface area contributed by atoms with E-state index in [2.05, 4.69) is 4.74 Å². The van der Waals surface area contributed by atoms with E-state index in [0.717, 1.165) is 4.90 Å². The van der Waals surface area contributed by atoms with Crippen LogP contribution >= 0.6 is 0 Å². The number of β-amino-alcohol motifs (C(OH)–C–C–N with tert-alkyl or cyclic N) is 1. The molecular weight excluding hydrogens is 190 g/mol. The summed E-state index contributed by atoms with van der Waals surface area (Å²) in [7, 11) is 1.36. The first-order valence-corrected chi connectivity index (χ1v) is 4.25. The Morgan fingerprint density at radius 3 is 2.71 bits per heavy atom. The summed E-state index contributed by atoms with van der Waals surface area (Å²) in [5.74, 6) is -1.50. The molecule has 1 aliphatic rings. The molecule has 6 heteroatoms. The number of carboxylic acid groups (broad SMARTS) is 1. The van der Waals surface area contributed by atoms with Crippen LogP contribution in [0.1, 0.15) is 6.42 Å². The van der Waals surface area contributed by atoms with E-state index in [4.69, 9.17) is 5.11 Å². The lowest BCUT2D eigenvalue weighted by atomic mass is 10.2. The predicted molar refractivity (Wildman–Crippen MR) is 45.6 cm³/mol. The second-order valence-electron chi connectivity index (χ2n) is 3.22. The van der Waals surface area contributed by atoms with Crippen LogP contribution in [0.3, 0.4) is 0 Å². The molecule has 0 aliphatic carbocycles. The first-order chi connectivity index (χ1) is 6.56. The molecule has 6 nitrogen and oxygen atoms in total. The highest BCUT2D eigenvalue weighted by Gasteiger charge is 2.38. The third-order valence-electron chi connectivity index (χ3n) is 2.15. The summed E-state index contributed by atoms with van der Waals surface area (Å²) in [6.07, 6.45) is -0.665. The third kappa shape index (κ3) is 2.21. The lowest BCUT2D eigenvalue weighted by molar-refractivity contribution is -0.149. The SMILES string of the molecule is COCC(=O)N1C[C@@H](O)C[C@H]1C(=O)O. The van der Waals surface area contributed by atoms with Crippen LogP contribution in [0.25, 0.3) is 0 Å². The smallest absolute Gasteiger partial charge is 0.326 e. The monoisotopic (exact) mass is 203 g/mol. The molecule has 1 heterocycles. The normalized spacial score (nSPS) is 26.6. The Morgan fingerprint density at radius 2 is 2.21 bits per heavy atom. The number of amides is 1. The van der Waals surface area contributed by atoms with E-state index in [0.29, 0.717) is 0 Å². The van der Waals surface area contributed by atoms with E-state index in [1.807, 2.05) is 0 Å². The predicted octanol–water partition coefficient (Wildman–Crippen LogP) is -1.32. The molecule has 1 saturated heterocycles. The minimum Gasteiger partial charge on any atom is -0.480 e. The van der Waals surface area contributed by atoms with Gasteiger partial charge in [-0.1, -0.05) is 0 Å². The van der Waals surface area contributed by atoms with Gasteiger partial charge in [0.2, 0.25) is 5.91 Å². The molecule has 1 aliphatic heterocycles. The van der Waals surface area contributed by atoms with Crippen molar-refractivity contribution in [3.05, 3.63) is 0 Å². The van der Waals surface area contributed by atoms with E-state index in [1.54, 1.807) is 0 Å². The molecule has 0 saturated carbocycles. The Hall–Kier alpha value is -1.14. The molecule has 0 spiro atoms. The van der Waals surface area contributed by atoms with Crippen molar-refractivity contribution >= 4 is 11.9 Å². The zero-order valence-corrected chi connectivity index (χ0v) is 7.84. The van der Waals surface area contributed by atoms with Gasteiger partial charge in [-0.05, 0) is 0 Å². The van der Waals surface area contributed by atoms with Gasteiger partial charge < -0.3 is 19.8 Å². The second-order valence-corrected chi connectivity index (χ2v) is 3.22. The number of hydrogen-bond donors (Lipinski definition) is 2. The first kappa shape index (κ1) is 10.9. The van der Waals surface area contributed by atoms with E-state index in [-0.39, 0.29) is 19.6 Å². The fourth-order valence-corrected chi connectivity index (χ4v) is 1.53. The maximum atomic E-state index is 11.3.